The number of aromatic nitrogens is 2. The molecule has 7 nitrogen and oxygen atoms in total. The molecular formula is C23H26N2O5S. The third-order valence-electron chi connectivity index (χ3n) is 5.74. The predicted octanol–water partition coefficient (Wildman–Crippen LogP) is 4.26. The molecule has 0 aliphatic heterocycles. The van der Waals surface area contributed by atoms with E-state index in [1.165, 1.54) is 28.7 Å². The molecule has 8 heteroatoms. The molecule has 1 aliphatic rings. The van der Waals surface area contributed by atoms with Crippen LogP contribution in [0.5, 0.6) is 11.5 Å². The van der Waals surface area contributed by atoms with E-state index in [-0.39, 0.29) is 18.2 Å². The van der Waals surface area contributed by atoms with E-state index in [1.54, 1.807) is 20.3 Å². The molecule has 1 saturated carbocycles. The van der Waals surface area contributed by atoms with Gasteiger partial charge in [-0.25, -0.2) is 4.98 Å². The molecule has 1 fully saturated rings. The van der Waals surface area contributed by atoms with Gasteiger partial charge in [0.25, 0.3) is 5.56 Å². The maximum absolute atomic E-state index is 13.2. The summed E-state index contributed by atoms with van der Waals surface area (Å²) in [6, 6.07) is 5.50. The Morgan fingerprint density at radius 3 is 2.77 bits per heavy atom. The summed E-state index contributed by atoms with van der Waals surface area (Å²) in [6.45, 7) is 2.03. The number of methoxy groups -OCH3 is 2. The molecule has 2 unspecified atom stereocenters. The molecular weight excluding hydrogens is 416 g/mol. The lowest BCUT2D eigenvalue weighted by atomic mass is 9.89. The van der Waals surface area contributed by atoms with Crippen LogP contribution in [0.4, 0.5) is 0 Å². The molecule has 2 heterocycles. The summed E-state index contributed by atoms with van der Waals surface area (Å²) in [5.41, 5.74) is 1.31. The van der Waals surface area contributed by atoms with Crippen molar-refractivity contribution in [1.29, 1.82) is 0 Å². The first-order valence-corrected chi connectivity index (χ1v) is 11.3. The SMILES string of the molecule is COc1ccc(-c2csc3ncn(CC(=O)OC4CCCC(C)C4)c(=O)c23)cc1OC. The Morgan fingerprint density at radius 1 is 1.23 bits per heavy atom. The van der Waals surface area contributed by atoms with Crippen LogP contribution >= 0.6 is 11.3 Å². The lowest BCUT2D eigenvalue weighted by Crippen LogP contribution is -2.30. The zero-order valence-corrected chi connectivity index (χ0v) is 18.7. The number of hydrogen-bond donors (Lipinski definition) is 0. The maximum Gasteiger partial charge on any atom is 0.326 e. The van der Waals surface area contributed by atoms with E-state index in [1.807, 2.05) is 17.5 Å². The topological polar surface area (TPSA) is 79.7 Å². The summed E-state index contributed by atoms with van der Waals surface area (Å²) in [5.74, 6) is 1.35. The van der Waals surface area contributed by atoms with Crippen molar-refractivity contribution < 1.29 is 19.0 Å². The molecule has 0 radical (unpaired) electrons. The Hall–Kier alpha value is -2.87. The summed E-state index contributed by atoms with van der Waals surface area (Å²) in [4.78, 5) is 30.7. The Morgan fingerprint density at radius 2 is 2.03 bits per heavy atom. The third kappa shape index (κ3) is 4.44. The normalized spacial score (nSPS) is 18.7. The predicted molar refractivity (Wildman–Crippen MR) is 120 cm³/mol. The van der Waals surface area contributed by atoms with Crippen LogP contribution in [0.1, 0.15) is 32.6 Å². The van der Waals surface area contributed by atoms with Crippen LogP contribution in [0.15, 0.2) is 34.7 Å². The number of fused-ring (bicyclic) bond motifs is 1. The van der Waals surface area contributed by atoms with Crippen LogP contribution in [-0.2, 0) is 16.1 Å². The standard InChI is InChI=1S/C23H26N2O5S/c1-14-5-4-6-16(9-14)30-20(26)11-25-13-24-22-21(23(25)27)17(12-31-22)15-7-8-18(28-2)19(10-15)29-3/h7-8,10,12-14,16H,4-6,9,11H2,1-3H3. The largest absolute Gasteiger partial charge is 0.493 e. The van der Waals surface area contributed by atoms with Crippen molar-refractivity contribution in [2.24, 2.45) is 5.92 Å². The second-order valence-electron chi connectivity index (χ2n) is 7.96. The second kappa shape index (κ2) is 9.09. The Kier molecular flexibility index (Phi) is 6.27. The smallest absolute Gasteiger partial charge is 0.326 e. The van der Waals surface area contributed by atoms with Crippen molar-refractivity contribution in [3.8, 4) is 22.6 Å². The lowest BCUT2D eigenvalue weighted by Gasteiger charge is -2.26. The molecule has 0 bridgehead atoms. The molecule has 31 heavy (non-hydrogen) atoms. The minimum Gasteiger partial charge on any atom is -0.493 e. The lowest BCUT2D eigenvalue weighted by molar-refractivity contribution is -0.152. The average Bonchev–Trinajstić information content (AvgIpc) is 3.20. The van der Waals surface area contributed by atoms with E-state index in [4.69, 9.17) is 14.2 Å². The fourth-order valence-electron chi connectivity index (χ4n) is 4.14. The van der Waals surface area contributed by atoms with Crippen LogP contribution in [-0.4, -0.2) is 35.8 Å². The van der Waals surface area contributed by atoms with E-state index in [9.17, 15) is 9.59 Å². The first kappa shape index (κ1) is 21.4. The number of thiophene rings is 1. The highest BCUT2D eigenvalue weighted by Gasteiger charge is 2.23. The minimum atomic E-state index is -0.398. The molecule has 0 amide bonds. The molecule has 164 valence electrons. The highest BCUT2D eigenvalue weighted by molar-refractivity contribution is 7.17. The quantitative estimate of drug-likeness (QED) is 0.531. The van der Waals surface area contributed by atoms with Crippen molar-refractivity contribution in [3.05, 3.63) is 40.3 Å². The van der Waals surface area contributed by atoms with Gasteiger partial charge in [-0.3, -0.25) is 14.2 Å². The number of nitrogens with zero attached hydrogens (tertiary/aromatic N) is 2. The zero-order chi connectivity index (χ0) is 22.0. The molecule has 2 aromatic heterocycles. The van der Waals surface area contributed by atoms with Crippen molar-refractivity contribution in [2.45, 2.75) is 45.3 Å². The molecule has 1 aromatic carbocycles. The summed E-state index contributed by atoms with van der Waals surface area (Å²) in [6.07, 6.45) is 5.36. The molecule has 2 atom stereocenters. The van der Waals surface area contributed by atoms with E-state index < -0.39 is 5.97 Å². The van der Waals surface area contributed by atoms with Gasteiger partial charge in [0.2, 0.25) is 0 Å². The zero-order valence-electron chi connectivity index (χ0n) is 17.9. The van der Waals surface area contributed by atoms with Crippen LogP contribution < -0.4 is 15.0 Å². The number of ether oxygens (including phenoxy) is 3. The molecule has 0 saturated heterocycles. The van der Waals surface area contributed by atoms with Gasteiger partial charge in [0.1, 0.15) is 17.5 Å². The molecule has 3 aromatic rings. The van der Waals surface area contributed by atoms with Gasteiger partial charge < -0.3 is 14.2 Å². The fourth-order valence-corrected chi connectivity index (χ4v) is 5.05. The Labute approximate surface area is 184 Å². The average molecular weight is 443 g/mol. The fraction of sp³-hybridized carbons (Fsp3) is 0.435. The molecule has 4 rings (SSSR count). The highest BCUT2D eigenvalue weighted by atomic mass is 32.1. The van der Waals surface area contributed by atoms with Crippen LogP contribution in [0.2, 0.25) is 0 Å². The van der Waals surface area contributed by atoms with Gasteiger partial charge in [0.05, 0.1) is 25.9 Å². The van der Waals surface area contributed by atoms with Crippen LogP contribution in [0, 0.1) is 5.92 Å². The number of rotatable bonds is 6. The summed E-state index contributed by atoms with van der Waals surface area (Å²) in [5, 5.41) is 2.38. The maximum atomic E-state index is 13.2. The Balaban J connectivity index is 1.62. The van der Waals surface area contributed by atoms with Crippen molar-refractivity contribution in [1.82, 2.24) is 9.55 Å². The van der Waals surface area contributed by atoms with Crippen LogP contribution in [0.25, 0.3) is 21.3 Å². The number of benzene rings is 1. The van der Waals surface area contributed by atoms with Gasteiger partial charge in [-0.2, -0.15) is 0 Å². The minimum absolute atomic E-state index is 0.0629. The summed E-state index contributed by atoms with van der Waals surface area (Å²) in [7, 11) is 3.15. The van der Waals surface area contributed by atoms with Gasteiger partial charge in [0.15, 0.2) is 11.5 Å². The van der Waals surface area contributed by atoms with Gasteiger partial charge >= 0.3 is 5.97 Å². The number of hydrogen-bond acceptors (Lipinski definition) is 7. The van der Waals surface area contributed by atoms with Gasteiger partial charge in [-0.05, 0) is 42.9 Å². The summed E-state index contributed by atoms with van der Waals surface area (Å²) >= 11 is 1.39. The molecule has 1 aliphatic carbocycles. The van der Waals surface area contributed by atoms with E-state index in [0.29, 0.717) is 27.6 Å². The number of carbonyl (C=O) groups is 1. The van der Waals surface area contributed by atoms with Crippen molar-refractivity contribution >= 4 is 27.5 Å². The first-order chi connectivity index (χ1) is 15.0. The van der Waals surface area contributed by atoms with Gasteiger partial charge in [-0.1, -0.05) is 19.4 Å². The van der Waals surface area contributed by atoms with Crippen LogP contribution in [0.3, 0.4) is 0 Å². The number of carbonyl (C=O) groups excluding carboxylic acids is 1. The highest BCUT2D eigenvalue weighted by Crippen LogP contribution is 2.36. The number of esters is 1. The second-order valence-corrected chi connectivity index (χ2v) is 8.82. The van der Waals surface area contributed by atoms with E-state index >= 15 is 0 Å². The third-order valence-corrected chi connectivity index (χ3v) is 6.63. The monoisotopic (exact) mass is 442 g/mol. The first-order valence-electron chi connectivity index (χ1n) is 10.4. The van der Waals surface area contributed by atoms with Gasteiger partial charge in [0, 0.05) is 10.9 Å². The van der Waals surface area contributed by atoms with Gasteiger partial charge in [-0.15, -0.1) is 11.3 Å². The van der Waals surface area contributed by atoms with Crippen molar-refractivity contribution in [2.75, 3.05) is 14.2 Å². The summed E-state index contributed by atoms with van der Waals surface area (Å²) < 4.78 is 17.6. The van der Waals surface area contributed by atoms with E-state index in [0.717, 1.165) is 30.4 Å². The Bertz CT molecular complexity index is 1150. The van der Waals surface area contributed by atoms with Crippen molar-refractivity contribution in [3.63, 3.8) is 0 Å². The molecule has 0 N–H and O–H groups in total. The van der Waals surface area contributed by atoms with E-state index in [2.05, 4.69) is 11.9 Å². The molecule has 0 spiro atoms.